The smallest absolute Gasteiger partial charge is 0.227 e. The van der Waals surface area contributed by atoms with Crippen LogP contribution < -0.4 is 0 Å². The molecule has 1 amide bonds. The summed E-state index contributed by atoms with van der Waals surface area (Å²) in [5, 5.41) is 11.8. The minimum Gasteiger partial charge on any atom is -0.339 e. The van der Waals surface area contributed by atoms with Crippen molar-refractivity contribution in [2.75, 3.05) is 6.54 Å². The van der Waals surface area contributed by atoms with Crippen molar-refractivity contribution in [3.8, 4) is 11.4 Å². The Labute approximate surface area is 150 Å². The second-order valence-electron chi connectivity index (χ2n) is 6.36. The third-order valence-corrected chi connectivity index (χ3v) is 4.63. The zero-order valence-electron chi connectivity index (χ0n) is 14.5. The van der Waals surface area contributed by atoms with Crippen LogP contribution >= 0.6 is 0 Å². The summed E-state index contributed by atoms with van der Waals surface area (Å²) in [6.07, 6.45) is 2.55. The van der Waals surface area contributed by atoms with E-state index in [1.165, 1.54) is 0 Å². The topological polar surface area (TPSA) is 98.2 Å². The van der Waals surface area contributed by atoms with E-state index < -0.39 is 0 Å². The van der Waals surface area contributed by atoms with E-state index in [-0.39, 0.29) is 11.9 Å². The normalized spacial score (nSPS) is 17.0. The highest BCUT2D eigenvalue weighted by Crippen LogP contribution is 2.32. The van der Waals surface area contributed by atoms with Crippen LogP contribution in [0.15, 0.2) is 39.5 Å². The van der Waals surface area contributed by atoms with E-state index >= 15 is 0 Å². The van der Waals surface area contributed by atoms with Crippen molar-refractivity contribution in [3.05, 3.63) is 47.6 Å². The minimum atomic E-state index is -0.0590. The molecular weight excluding hydrogens is 334 g/mol. The van der Waals surface area contributed by atoms with Crippen LogP contribution in [0.1, 0.15) is 42.6 Å². The van der Waals surface area contributed by atoms with Crippen LogP contribution in [-0.4, -0.2) is 37.8 Å². The molecule has 0 N–H and O–H groups in total. The van der Waals surface area contributed by atoms with Gasteiger partial charge in [0.25, 0.3) is 0 Å². The average Bonchev–Trinajstić information content (AvgIpc) is 3.40. The van der Waals surface area contributed by atoms with E-state index in [1.54, 1.807) is 0 Å². The molecule has 1 aliphatic rings. The fourth-order valence-electron chi connectivity index (χ4n) is 3.31. The van der Waals surface area contributed by atoms with Gasteiger partial charge < -0.3 is 9.42 Å². The van der Waals surface area contributed by atoms with Crippen molar-refractivity contribution >= 4 is 5.91 Å². The fourth-order valence-corrected chi connectivity index (χ4v) is 3.31. The number of carbonyl (C=O) groups excluding carboxylic acids is 1. The highest BCUT2D eigenvalue weighted by atomic mass is 16.6. The molecule has 2 aromatic heterocycles. The van der Waals surface area contributed by atoms with Gasteiger partial charge in [-0.2, -0.15) is 4.98 Å². The van der Waals surface area contributed by atoms with Gasteiger partial charge in [0, 0.05) is 24.9 Å². The van der Waals surface area contributed by atoms with Gasteiger partial charge in [-0.05, 0) is 19.8 Å². The molecule has 8 nitrogen and oxygen atoms in total. The number of likely N-dealkylation sites (tertiary alicyclic amines) is 1. The highest BCUT2D eigenvalue weighted by molar-refractivity contribution is 5.77. The first-order chi connectivity index (χ1) is 12.7. The van der Waals surface area contributed by atoms with E-state index in [0.717, 1.165) is 36.3 Å². The first kappa shape index (κ1) is 16.4. The Hall–Kier alpha value is -3.03. The number of benzene rings is 1. The summed E-state index contributed by atoms with van der Waals surface area (Å²) in [7, 11) is 0. The van der Waals surface area contributed by atoms with E-state index in [2.05, 4.69) is 20.5 Å². The third-order valence-electron chi connectivity index (χ3n) is 4.63. The van der Waals surface area contributed by atoms with Crippen molar-refractivity contribution in [2.24, 2.45) is 0 Å². The standard InChI is InChI=1S/C18H19N5O3/c1-12-17(21-26-20-12)14-8-5-11-23(14)16(24)10-9-15-19-18(22-25-15)13-6-3-2-4-7-13/h2-4,6-7,14H,5,8-11H2,1H3/t14-/m0/s1. The number of nitrogens with zero attached hydrogens (tertiary/aromatic N) is 5. The molecule has 0 saturated carbocycles. The number of hydrogen-bond acceptors (Lipinski definition) is 7. The summed E-state index contributed by atoms with van der Waals surface area (Å²) in [6.45, 7) is 2.56. The zero-order valence-corrected chi connectivity index (χ0v) is 14.5. The Bertz CT molecular complexity index is 889. The van der Waals surface area contributed by atoms with Crippen LogP contribution in [0.2, 0.25) is 0 Å². The summed E-state index contributed by atoms with van der Waals surface area (Å²) >= 11 is 0. The van der Waals surface area contributed by atoms with Crippen molar-refractivity contribution in [3.63, 3.8) is 0 Å². The number of hydrogen-bond donors (Lipinski definition) is 0. The molecule has 0 unspecified atom stereocenters. The first-order valence-corrected chi connectivity index (χ1v) is 8.69. The van der Waals surface area contributed by atoms with Crippen molar-refractivity contribution < 1.29 is 13.9 Å². The van der Waals surface area contributed by atoms with Gasteiger partial charge in [-0.1, -0.05) is 45.8 Å². The summed E-state index contributed by atoms with van der Waals surface area (Å²) in [5.74, 6) is 1.05. The van der Waals surface area contributed by atoms with Crippen LogP contribution in [0.25, 0.3) is 11.4 Å². The number of aryl methyl sites for hydroxylation is 2. The van der Waals surface area contributed by atoms with Crippen LogP contribution in [0.5, 0.6) is 0 Å². The Morgan fingerprint density at radius 1 is 1.23 bits per heavy atom. The molecule has 0 aliphatic carbocycles. The monoisotopic (exact) mass is 353 g/mol. The van der Waals surface area contributed by atoms with Gasteiger partial charge in [-0.25, -0.2) is 4.63 Å². The minimum absolute atomic E-state index is 0.0503. The Morgan fingerprint density at radius 2 is 2.08 bits per heavy atom. The molecule has 1 fully saturated rings. The second kappa shape index (κ2) is 7.07. The quantitative estimate of drug-likeness (QED) is 0.695. The lowest BCUT2D eigenvalue weighted by Gasteiger charge is -2.22. The molecule has 26 heavy (non-hydrogen) atoms. The maximum absolute atomic E-state index is 12.7. The molecule has 1 atom stereocenters. The lowest BCUT2D eigenvalue weighted by Crippen LogP contribution is -2.31. The molecule has 0 spiro atoms. The summed E-state index contributed by atoms with van der Waals surface area (Å²) in [6, 6.07) is 9.55. The number of aromatic nitrogens is 4. The predicted molar refractivity (Wildman–Crippen MR) is 90.8 cm³/mol. The molecule has 1 saturated heterocycles. The number of amides is 1. The summed E-state index contributed by atoms with van der Waals surface area (Å²) in [5.41, 5.74) is 2.38. The predicted octanol–water partition coefficient (Wildman–Crippen LogP) is 2.72. The Morgan fingerprint density at radius 3 is 2.85 bits per heavy atom. The van der Waals surface area contributed by atoms with Gasteiger partial charge in [-0.3, -0.25) is 4.79 Å². The molecule has 134 valence electrons. The molecule has 3 heterocycles. The zero-order chi connectivity index (χ0) is 17.9. The fraction of sp³-hybridized carbons (Fsp3) is 0.389. The lowest BCUT2D eigenvalue weighted by molar-refractivity contribution is -0.132. The van der Waals surface area contributed by atoms with Crippen LogP contribution in [-0.2, 0) is 11.2 Å². The molecule has 1 aliphatic heterocycles. The van der Waals surface area contributed by atoms with Crippen molar-refractivity contribution in [1.82, 2.24) is 25.4 Å². The molecule has 0 radical (unpaired) electrons. The number of rotatable bonds is 5. The highest BCUT2D eigenvalue weighted by Gasteiger charge is 2.33. The van der Waals surface area contributed by atoms with Gasteiger partial charge in [0.05, 0.1) is 6.04 Å². The summed E-state index contributed by atoms with van der Waals surface area (Å²) in [4.78, 5) is 18.9. The molecular formula is C18H19N5O3. The van der Waals surface area contributed by atoms with E-state index in [0.29, 0.717) is 24.6 Å². The third kappa shape index (κ3) is 3.22. The number of carbonyl (C=O) groups is 1. The van der Waals surface area contributed by atoms with Gasteiger partial charge in [-0.15, -0.1) is 0 Å². The molecule has 0 bridgehead atoms. The largest absolute Gasteiger partial charge is 0.339 e. The molecule has 1 aromatic carbocycles. The Balaban J connectivity index is 1.40. The van der Waals surface area contributed by atoms with Crippen LogP contribution in [0, 0.1) is 6.92 Å². The van der Waals surface area contributed by atoms with E-state index in [1.807, 2.05) is 42.2 Å². The van der Waals surface area contributed by atoms with Crippen LogP contribution in [0.3, 0.4) is 0 Å². The second-order valence-corrected chi connectivity index (χ2v) is 6.36. The molecule has 4 rings (SSSR count). The average molecular weight is 353 g/mol. The lowest BCUT2D eigenvalue weighted by atomic mass is 10.1. The maximum Gasteiger partial charge on any atom is 0.227 e. The van der Waals surface area contributed by atoms with E-state index in [4.69, 9.17) is 9.15 Å². The van der Waals surface area contributed by atoms with Gasteiger partial charge >= 0.3 is 0 Å². The maximum atomic E-state index is 12.7. The van der Waals surface area contributed by atoms with Gasteiger partial charge in [0.1, 0.15) is 11.4 Å². The van der Waals surface area contributed by atoms with Gasteiger partial charge in [0.2, 0.25) is 17.6 Å². The van der Waals surface area contributed by atoms with Crippen molar-refractivity contribution in [2.45, 2.75) is 38.6 Å². The first-order valence-electron chi connectivity index (χ1n) is 8.69. The summed E-state index contributed by atoms with van der Waals surface area (Å²) < 4.78 is 10.1. The molecule has 8 heteroatoms. The van der Waals surface area contributed by atoms with Gasteiger partial charge in [0.15, 0.2) is 0 Å². The Kier molecular flexibility index (Phi) is 4.47. The van der Waals surface area contributed by atoms with Crippen LogP contribution in [0.4, 0.5) is 0 Å². The van der Waals surface area contributed by atoms with E-state index in [9.17, 15) is 4.79 Å². The van der Waals surface area contributed by atoms with Crippen molar-refractivity contribution in [1.29, 1.82) is 0 Å². The SMILES string of the molecule is Cc1nonc1[C@@H]1CCCN1C(=O)CCc1nc(-c2ccccc2)no1. The molecule has 3 aromatic rings.